The van der Waals surface area contributed by atoms with Crippen LogP contribution in [0.15, 0.2) is 59.8 Å². The van der Waals surface area contributed by atoms with Crippen LogP contribution in [0.25, 0.3) is 11.0 Å². The number of nitrogens with zero attached hydrogens (tertiary/aromatic N) is 2. The van der Waals surface area contributed by atoms with Crippen LogP contribution in [-0.2, 0) is 9.53 Å². The summed E-state index contributed by atoms with van der Waals surface area (Å²) < 4.78 is 13.2. The van der Waals surface area contributed by atoms with Gasteiger partial charge in [-0.3, -0.25) is 4.57 Å². The van der Waals surface area contributed by atoms with E-state index in [1.54, 1.807) is 0 Å². The Balaban J connectivity index is 1.89. The molecule has 0 saturated heterocycles. The van der Waals surface area contributed by atoms with Crippen molar-refractivity contribution in [2.24, 2.45) is 0 Å². The van der Waals surface area contributed by atoms with Crippen LogP contribution in [0.4, 0.5) is 5.95 Å². The first-order valence-electron chi connectivity index (χ1n) is 9.88. The quantitative estimate of drug-likeness (QED) is 0.640. The van der Waals surface area contributed by atoms with Crippen molar-refractivity contribution in [3.05, 3.63) is 65.4 Å². The lowest BCUT2D eigenvalue weighted by atomic mass is 9.95. The van der Waals surface area contributed by atoms with Crippen LogP contribution < -0.4 is 10.1 Å². The maximum absolute atomic E-state index is 13.1. The number of fused-ring (bicyclic) bond motifs is 3. The molecule has 0 unspecified atom stereocenters. The molecule has 0 fully saturated rings. The smallest absolute Gasteiger partial charge is 0.338 e. The highest BCUT2D eigenvalue weighted by atomic mass is 16.5. The lowest BCUT2D eigenvalue weighted by molar-refractivity contribution is -0.143. The number of imidazole rings is 1. The van der Waals surface area contributed by atoms with Gasteiger partial charge in [0.25, 0.3) is 0 Å². The lowest BCUT2D eigenvalue weighted by Crippen LogP contribution is -2.29. The molecule has 1 N–H and O–H groups in total. The molecule has 0 bridgehead atoms. The molecule has 6 heteroatoms. The Hall–Kier alpha value is -3.28. The number of esters is 1. The number of carbonyl (C=O) groups is 1. The van der Waals surface area contributed by atoms with E-state index in [2.05, 4.69) is 9.88 Å². The SMILES string of the molecule is CCOc1ccc([C@@H]2C(C(=O)OC(C)C)=C(C)Nc3nc4ccccc4n32)cc1. The fraction of sp³-hybridized carbons (Fsp3) is 0.304. The highest BCUT2D eigenvalue weighted by molar-refractivity contribution is 5.94. The highest BCUT2D eigenvalue weighted by Gasteiger charge is 2.35. The van der Waals surface area contributed by atoms with Crippen LogP contribution in [0.2, 0.25) is 0 Å². The molecular formula is C23H25N3O3. The lowest BCUT2D eigenvalue weighted by Gasteiger charge is -2.30. The van der Waals surface area contributed by atoms with E-state index in [4.69, 9.17) is 14.5 Å². The minimum Gasteiger partial charge on any atom is -0.494 e. The van der Waals surface area contributed by atoms with Crippen LogP contribution in [0.3, 0.4) is 0 Å². The van der Waals surface area contributed by atoms with Crippen LogP contribution in [-0.4, -0.2) is 28.2 Å². The summed E-state index contributed by atoms with van der Waals surface area (Å²) >= 11 is 0. The molecule has 1 atom stereocenters. The van der Waals surface area contributed by atoms with Gasteiger partial charge in [0, 0.05) is 5.70 Å². The fourth-order valence-electron chi connectivity index (χ4n) is 3.73. The molecule has 3 aromatic rings. The van der Waals surface area contributed by atoms with Gasteiger partial charge < -0.3 is 14.8 Å². The molecule has 2 heterocycles. The van der Waals surface area contributed by atoms with Crippen molar-refractivity contribution in [2.75, 3.05) is 11.9 Å². The van der Waals surface area contributed by atoms with Crippen molar-refractivity contribution in [3.8, 4) is 5.75 Å². The summed E-state index contributed by atoms with van der Waals surface area (Å²) in [5, 5.41) is 3.29. The van der Waals surface area contributed by atoms with Gasteiger partial charge in [0.2, 0.25) is 5.95 Å². The number of para-hydroxylation sites is 2. The summed E-state index contributed by atoms with van der Waals surface area (Å²) in [6, 6.07) is 15.4. The largest absolute Gasteiger partial charge is 0.494 e. The van der Waals surface area contributed by atoms with E-state index < -0.39 is 0 Å². The molecule has 4 rings (SSSR count). The van der Waals surface area contributed by atoms with Gasteiger partial charge in [-0.05, 0) is 57.5 Å². The van der Waals surface area contributed by atoms with Gasteiger partial charge >= 0.3 is 5.97 Å². The minimum atomic E-state index is -0.347. The van der Waals surface area contributed by atoms with E-state index in [0.717, 1.165) is 28.0 Å². The zero-order valence-corrected chi connectivity index (χ0v) is 17.1. The van der Waals surface area contributed by atoms with Gasteiger partial charge in [0.05, 0.1) is 35.4 Å². The zero-order valence-electron chi connectivity index (χ0n) is 17.1. The first-order chi connectivity index (χ1) is 14.0. The van der Waals surface area contributed by atoms with Gasteiger partial charge in [-0.2, -0.15) is 0 Å². The molecule has 0 amide bonds. The molecule has 0 saturated carbocycles. The van der Waals surface area contributed by atoms with Crippen molar-refractivity contribution >= 4 is 23.0 Å². The van der Waals surface area contributed by atoms with Gasteiger partial charge in [-0.15, -0.1) is 0 Å². The first kappa shape index (κ1) is 19.1. The van der Waals surface area contributed by atoms with Crippen LogP contribution in [0, 0.1) is 0 Å². The van der Waals surface area contributed by atoms with E-state index in [1.807, 2.05) is 76.2 Å². The monoisotopic (exact) mass is 391 g/mol. The molecule has 150 valence electrons. The van der Waals surface area contributed by atoms with Gasteiger partial charge in [0.15, 0.2) is 0 Å². The van der Waals surface area contributed by atoms with Crippen molar-refractivity contribution in [2.45, 2.75) is 39.8 Å². The number of allylic oxidation sites excluding steroid dienone is 1. The average molecular weight is 391 g/mol. The molecule has 1 aliphatic rings. The van der Waals surface area contributed by atoms with Crippen molar-refractivity contribution in [1.82, 2.24) is 9.55 Å². The zero-order chi connectivity index (χ0) is 20.5. The molecule has 0 radical (unpaired) electrons. The molecule has 29 heavy (non-hydrogen) atoms. The Kier molecular flexibility index (Phi) is 5.01. The van der Waals surface area contributed by atoms with Crippen LogP contribution >= 0.6 is 0 Å². The second kappa shape index (κ2) is 7.62. The highest BCUT2D eigenvalue weighted by Crippen LogP contribution is 2.40. The van der Waals surface area contributed by atoms with Crippen LogP contribution in [0.5, 0.6) is 5.75 Å². The summed E-state index contributed by atoms with van der Waals surface area (Å²) in [5.41, 5.74) is 4.12. The third-order valence-electron chi connectivity index (χ3n) is 4.90. The van der Waals surface area contributed by atoms with E-state index in [1.165, 1.54) is 0 Å². The van der Waals surface area contributed by atoms with Gasteiger partial charge in [-0.25, -0.2) is 9.78 Å². The number of nitrogens with one attached hydrogen (secondary N) is 1. The topological polar surface area (TPSA) is 65.4 Å². The van der Waals surface area contributed by atoms with Crippen molar-refractivity contribution in [1.29, 1.82) is 0 Å². The molecule has 0 spiro atoms. The Morgan fingerprint density at radius 1 is 1.17 bits per heavy atom. The van der Waals surface area contributed by atoms with Crippen molar-refractivity contribution in [3.63, 3.8) is 0 Å². The maximum atomic E-state index is 13.1. The molecular weight excluding hydrogens is 366 g/mol. The van der Waals surface area contributed by atoms with E-state index in [-0.39, 0.29) is 18.1 Å². The summed E-state index contributed by atoms with van der Waals surface area (Å²) in [6.45, 7) is 8.16. The Morgan fingerprint density at radius 2 is 1.90 bits per heavy atom. The number of ether oxygens (including phenoxy) is 2. The average Bonchev–Trinajstić information content (AvgIpc) is 3.05. The normalized spacial score (nSPS) is 16.0. The van der Waals surface area contributed by atoms with Crippen molar-refractivity contribution < 1.29 is 14.3 Å². The molecule has 1 aromatic heterocycles. The van der Waals surface area contributed by atoms with E-state index in [0.29, 0.717) is 18.1 Å². The fourth-order valence-corrected chi connectivity index (χ4v) is 3.73. The number of anilines is 1. The van der Waals surface area contributed by atoms with E-state index in [9.17, 15) is 4.79 Å². The minimum absolute atomic E-state index is 0.204. The summed E-state index contributed by atoms with van der Waals surface area (Å²) in [6.07, 6.45) is -0.204. The number of rotatable bonds is 5. The second-order valence-corrected chi connectivity index (χ2v) is 7.32. The molecule has 2 aromatic carbocycles. The maximum Gasteiger partial charge on any atom is 0.338 e. The third-order valence-corrected chi connectivity index (χ3v) is 4.90. The summed E-state index contributed by atoms with van der Waals surface area (Å²) in [7, 11) is 0. The Morgan fingerprint density at radius 3 is 2.59 bits per heavy atom. The number of hydrogen-bond donors (Lipinski definition) is 1. The Labute approximate surface area is 170 Å². The second-order valence-electron chi connectivity index (χ2n) is 7.32. The van der Waals surface area contributed by atoms with Crippen LogP contribution in [0.1, 0.15) is 39.3 Å². The number of hydrogen-bond acceptors (Lipinski definition) is 5. The summed E-state index contributed by atoms with van der Waals surface area (Å²) in [5.74, 6) is 1.18. The molecule has 0 aliphatic carbocycles. The number of carbonyl (C=O) groups excluding carboxylic acids is 1. The number of aromatic nitrogens is 2. The number of benzene rings is 2. The Bertz CT molecular complexity index is 1080. The predicted molar refractivity (Wildman–Crippen MR) is 113 cm³/mol. The predicted octanol–water partition coefficient (Wildman–Crippen LogP) is 4.68. The van der Waals surface area contributed by atoms with E-state index >= 15 is 0 Å². The summed E-state index contributed by atoms with van der Waals surface area (Å²) in [4.78, 5) is 17.8. The molecule has 1 aliphatic heterocycles. The third kappa shape index (κ3) is 3.46. The standard InChI is InChI=1S/C23H25N3O3/c1-5-28-17-12-10-16(11-13-17)21-20(22(27)29-14(2)3)15(4)24-23-25-18-8-6-7-9-19(18)26(21)23/h6-14,21H,5H2,1-4H3,(H,24,25)/t21-/m1/s1. The van der Waals surface area contributed by atoms with Gasteiger partial charge in [0.1, 0.15) is 5.75 Å². The van der Waals surface area contributed by atoms with Gasteiger partial charge in [-0.1, -0.05) is 24.3 Å². The first-order valence-corrected chi connectivity index (χ1v) is 9.88. The molecule has 6 nitrogen and oxygen atoms in total.